The Morgan fingerprint density at radius 3 is 2.74 bits per heavy atom. The van der Waals surface area contributed by atoms with Gasteiger partial charge in [0.1, 0.15) is 0 Å². The lowest BCUT2D eigenvalue weighted by molar-refractivity contribution is 0.365. The molecule has 0 radical (unpaired) electrons. The maximum Gasteiger partial charge on any atom is 0.0424 e. The van der Waals surface area contributed by atoms with Gasteiger partial charge in [-0.05, 0) is 43.0 Å². The minimum atomic E-state index is 0.462. The Hall–Kier alpha value is -0.629. The fourth-order valence-electron chi connectivity index (χ4n) is 2.08. The molecule has 0 aliphatic heterocycles. The summed E-state index contributed by atoms with van der Waals surface area (Å²) in [5.41, 5.74) is 1.35. The summed E-state index contributed by atoms with van der Waals surface area (Å²) in [5.74, 6) is 0. The molecule has 1 aromatic carbocycles. The number of rotatable bonds is 11. The average Bonchev–Trinajstić information content (AvgIpc) is 2.46. The molecule has 0 amide bonds. The number of benzene rings is 1. The topological polar surface area (TPSA) is 15.3 Å². The lowest BCUT2D eigenvalue weighted by atomic mass is 10.2. The van der Waals surface area contributed by atoms with Crippen molar-refractivity contribution in [3.05, 3.63) is 48.7 Å². The molecular weight excluding hydrogens is 280 g/mol. The van der Waals surface area contributed by atoms with Crippen LogP contribution in [0.15, 0.2) is 43.1 Å². The molecule has 0 aliphatic carbocycles. The third-order valence-corrected chi connectivity index (χ3v) is 15.0. The van der Waals surface area contributed by atoms with Crippen LogP contribution in [-0.4, -0.2) is 51.9 Å². The van der Waals surface area contributed by atoms with Gasteiger partial charge in [0.2, 0.25) is 0 Å². The van der Waals surface area contributed by atoms with Gasteiger partial charge >= 0.3 is 0 Å². The lowest BCUT2D eigenvalue weighted by Gasteiger charge is -2.20. The highest BCUT2D eigenvalue weighted by Crippen LogP contribution is 2.03. The second kappa shape index (κ2) is 11.2. The fraction of sp³-hybridized carbons (Fsp3) is 0.429. The monoisotopic (exact) mass is 308 g/mol. The molecule has 0 heterocycles. The molecule has 0 fully saturated rings. The van der Waals surface area contributed by atoms with Gasteiger partial charge in [-0.2, -0.15) is 0 Å². The summed E-state index contributed by atoms with van der Waals surface area (Å²) < 4.78 is 0. The third-order valence-electron chi connectivity index (χ3n) is 3.27. The van der Waals surface area contributed by atoms with Crippen LogP contribution in [0.4, 0.5) is 0 Å². The van der Waals surface area contributed by atoms with Gasteiger partial charge in [-0.15, -0.1) is 0 Å². The summed E-state index contributed by atoms with van der Waals surface area (Å²) in [5, 5.41) is 3.55. The second-order valence-corrected chi connectivity index (χ2v) is 21.5. The summed E-state index contributed by atoms with van der Waals surface area (Å²) in [7, 11) is 2.57. The van der Waals surface area contributed by atoms with Crippen LogP contribution in [0.5, 0.6) is 0 Å². The first kappa shape index (κ1) is 16.4. The first-order valence-electron chi connectivity index (χ1n) is 7.48. The number of nitrogens with zero attached hydrogens (tertiary/aromatic N) is 1. The molecule has 0 aliphatic rings. The molecule has 5 heteroatoms. The lowest BCUT2D eigenvalue weighted by Crippen LogP contribution is -2.28. The van der Waals surface area contributed by atoms with Gasteiger partial charge in [0.15, 0.2) is 0 Å². The first-order chi connectivity index (χ1) is 9.36. The van der Waals surface area contributed by atoms with Crippen molar-refractivity contribution < 1.29 is 0 Å². The van der Waals surface area contributed by atoms with E-state index in [-0.39, 0.29) is 0 Å². The predicted octanol–water partition coefficient (Wildman–Crippen LogP) is -0.437. The van der Waals surface area contributed by atoms with Gasteiger partial charge in [-0.25, -0.2) is 0 Å². The zero-order valence-corrected chi connectivity index (χ0v) is 17.1. The molecule has 0 saturated heterocycles. The van der Waals surface area contributed by atoms with Crippen LogP contribution in [0.1, 0.15) is 12.0 Å². The highest BCUT2D eigenvalue weighted by Gasteiger charge is 1.99. The quantitative estimate of drug-likeness (QED) is 0.441. The minimum absolute atomic E-state index is 0.462. The number of nitrogens with one attached hydrogen (secondary N) is 1. The molecule has 0 unspecified atom stereocenters. The van der Waals surface area contributed by atoms with E-state index >= 15 is 0 Å². The minimum Gasteiger partial charge on any atom is -0.372 e. The van der Waals surface area contributed by atoms with Crippen molar-refractivity contribution in [2.45, 2.75) is 19.0 Å². The van der Waals surface area contributed by atoms with E-state index in [1.807, 2.05) is 6.20 Å². The molecule has 0 aromatic heterocycles. The van der Waals surface area contributed by atoms with Crippen molar-refractivity contribution in [1.82, 2.24) is 10.2 Å². The van der Waals surface area contributed by atoms with E-state index in [1.165, 1.54) is 18.5 Å². The zero-order valence-electron chi connectivity index (χ0n) is 12.3. The molecule has 0 bridgehead atoms. The van der Waals surface area contributed by atoms with Gasteiger partial charge < -0.3 is 10.2 Å². The van der Waals surface area contributed by atoms with Gasteiger partial charge in [0, 0.05) is 28.7 Å². The Bertz CT molecular complexity index is 333. The van der Waals surface area contributed by atoms with Crippen LogP contribution in [0, 0.1) is 0 Å². The van der Waals surface area contributed by atoms with Crippen LogP contribution in [0.25, 0.3) is 0 Å². The predicted molar refractivity (Wildman–Crippen MR) is 96.4 cm³/mol. The van der Waals surface area contributed by atoms with Gasteiger partial charge in [-0.1, -0.05) is 43.0 Å². The zero-order chi connectivity index (χ0) is 13.8. The van der Waals surface area contributed by atoms with Crippen LogP contribution < -0.4 is 5.32 Å². The van der Waals surface area contributed by atoms with Gasteiger partial charge in [0.25, 0.3) is 0 Å². The van der Waals surface area contributed by atoms with Crippen molar-refractivity contribution in [1.29, 1.82) is 0 Å². The van der Waals surface area contributed by atoms with Crippen molar-refractivity contribution in [3.63, 3.8) is 0 Å². The van der Waals surface area contributed by atoms with Gasteiger partial charge in [-0.3, -0.25) is 0 Å². The molecule has 0 saturated carbocycles. The summed E-state index contributed by atoms with van der Waals surface area (Å²) in [6.07, 6.45) is 3.36. The molecular formula is C14H28N2Si3. The van der Waals surface area contributed by atoms with Crippen molar-refractivity contribution in [2.75, 3.05) is 19.6 Å². The Morgan fingerprint density at radius 2 is 2.05 bits per heavy atom. The summed E-state index contributed by atoms with van der Waals surface area (Å²) in [6.45, 7) is 8.19. The summed E-state index contributed by atoms with van der Waals surface area (Å²) in [6, 6.07) is 12.2. The van der Waals surface area contributed by atoms with Crippen LogP contribution in [-0.2, 0) is 6.54 Å². The molecule has 1 N–H and O–H groups in total. The van der Waals surface area contributed by atoms with Crippen molar-refractivity contribution in [2.24, 2.45) is 0 Å². The summed E-state index contributed by atoms with van der Waals surface area (Å²) in [4.78, 5) is 2.28. The average molecular weight is 309 g/mol. The maximum atomic E-state index is 3.91. The van der Waals surface area contributed by atoms with E-state index in [4.69, 9.17) is 0 Å². The third kappa shape index (κ3) is 8.20. The molecule has 1 aromatic rings. The number of hydrogen-bond donors (Lipinski definition) is 1. The smallest absolute Gasteiger partial charge is 0.0424 e. The molecule has 2 nitrogen and oxygen atoms in total. The van der Waals surface area contributed by atoms with Crippen LogP contribution in [0.2, 0.25) is 6.04 Å². The van der Waals surface area contributed by atoms with Crippen molar-refractivity contribution in [3.8, 4) is 0 Å². The highest BCUT2D eigenvalue weighted by atomic mass is 29.5. The Balaban J connectivity index is 2.10. The van der Waals surface area contributed by atoms with Gasteiger partial charge in [0.05, 0.1) is 0 Å². The van der Waals surface area contributed by atoms with Crippen LogP contribution in [0.3, 0.4) is 0 Å². The molecule has 19 heavy (non-hydrogen) atoms. The Labute approximate surface area is 125 Å². The van der Waals surface area contributed by atoms with E-state index in [0.29, 0.717) is 17.6 Å². The molecule has 0 atom stereocenters. The van der Waals surface area contributed by atoms with Crippen LogP contribution >= 0.6 is 0 Å². The van der Waals surface area contributed by atoms with E-state index in [2.05, 4.69) is 47.1 Å². The maximum absolute atomic E-state index is 3.91. The first-order valence-corrected chi connectivity index (χ1v) is 18.1. The van der Waals surface area contributed by atoms with E-state index in [1.54, 1.807) is 15.8 Å². The SMILES string of the molecule is C=CN(CCNCCC[SiH2][SiH2][SiH3])Cc1ccccc1. The molecule has 0 spiro atoms. The standard InChI is InChI=1S/C14H28N2Si3/c1-2-16(13-14-7-4-3-5-8-14)11-10-15-9-6-12-18-19-17/h2-5,7-8,15H,1,6,9-13,18-19H2,17H3. The highest BCUT2D eigenvalue weighted by molar-refractivity contribution is 7.23. The fourth-order valence-corrected chi connectivity index (χ4v) is 10.2. The summed E-state index contributed by atoms with van der Waals surface area (Å²) >= 11 is 0. The second-order valence-electron chi connectivity index (χ2n) is 4.95. The Morgan fingerprint density at radius 1 is 1.26 bits per heavy atom. The molecule has 106 valence electrons. The normalized spacial score (nSPS) is 11.8. The Kier molecular flexibility index (Phi) is 9.70. The molecule has 1 rings (SSSR count). The van der Waals surface area contributed by atoms with E-state index in [9.17, 15) is 0 Å². The van der Waals surface area contributed by atoms with E-state index < -0.39 is 0 Å². The number of hydrogen-bond acceptors (Lipinski definition) is 2. The van der Waals surface area contributed by atoms with E-state index in [0.717, 1.165) is 19.6 Å². The largest absolute Gasteiger partial charge is 0.372 e. The van der Waals surface area contributed by atoms with Crippen molar-refractivity contribution >= 4 is 27.4 Å².